The number of esters is 1. The molecule has 0 amide bonds. The summed E-state index contributed by atoms with van der Waals surface area (Å²) >= 11 is 0. The lowest BCUT2D eigenvalue weighted by atomic mass is 9.84. The molecule has 2 heterocycles. The summed E-state index contributed by atoms with van der Waals surface area (Å²) in [6, 6.07) is 11.3. The summed E-state index contributed by atoms with van der Waals surface area (Å²) in [6.07, 6.45) is 2.93. The second-order valence-electron chi connectivity index (χ2n) is 10.00. The molecule has 1 aliphatic heterocycles. The van der Waals surface area contributed by atoms with Crippen molar-refractivity contribution in [3.63, 3.8) is 0 Å². The van der Waals surface area contributed by atoms with Crippen molar-refractivity contribution >= 4 is 28.5 Å². The van der Waals surface area contributed by atoms with E-state index >= 15 is 0 Å². The normalized spacial score (nSPS) is 15.4. The van der Waals surface area contributed by atoms with E-state index in [1.165, 1.54) is 13.5 Å². The van der Waals surface area contributed by atoms with Crippen LogP contribution in [0.5, 0.6) is 0 Å². The van der Waals surface area contributed by atoms with Crippen molar-refractivity contribution in [2.45, 2.75) is 40.0 Å². The number of aromatic nitrogens is 2. The lowest BCUT2D eigenvalue weighted by molar-refractivity contribution is 0.0602. The summed E-state index contributed by atoms with van der Waals surface area (Å²) in [4.78, 5) is 32.7. The van der Waals surface area contributed by atoms with Crippen LogP contribution in [0.3, 0.4) is 0 Å². The molecule has 0 saturated carbocycles. The lowest BCUT2D eigenvalue weighted by Crippen LogP contribution is -2.43. The van der Waals surface area contributed by atoms with Gasteiger partial charge in [-0.2, -0.15) is 0 Å². The Morgan fingerprint density at radius 3 is 2.74 bits per heavy atom. The smallest absolute Gasteiger partial charge is 0.339 e. The monoisotopic (exact) mass is 462 g/mol. The molecule has 7 heteroatoms. The minimum atomic E-state index is -0.372. The highest BCUT2D eigenvalue weighted by atomic mass is 16.5. The number of carbonyl (C=O) groups is 1. The summed E-state index contributed by atoms with van der Waals surface area (Å²) in [5.41, 5.74) is 4.22. The number of anilines is 2. The average Bonchev–Trinajstić information content (AvgIpc) is 2.80. The van der Waals surface area contributed by atoms with E-state index in [-0.39, 0.29) is 16.9 Å². The van der Waals surface area contributed by atoms with Crippen molar-refractivity contribution in [2.75, 3.05) is 37.0 Å². The first kappa shape index (κ1) is 23.8. The molecule has 4 rings (SSSR count). The Balaban J connectivity index is 1.66. The van der Waals surface area contributed by atoms with Crippen molar-refractivity contribution in [1.29, 1.82) is 0 Å². The van der Waals surface area contributed by atoms with Crippen LogP contribution in [0.4, 0.5) is 11.6 Å². The van der Waals surface area contributed by atoms with Crippen LogP contribution in [-0.4, -0.2) is 42.3 Å². The molecule has 7 nitrogen and oxygen atoms in total. The maximum atomic E-state index is 13.3. The Morgan fingerprint density at radius 2 is 2.00 bits per heavy atom. The van der Waals surface area contributed by atoms with Gasteiger partial charge in [-0.3, -0.25) is 9.36 Å². The van der Waals surface area contributed by atoms with E-state index in [0.717, 1.165) is 47.8 Å². The van der Waals surface area contributed by atoms with Crippen molar-refractivity contribution in [3.05, 3.63) is 63.4 Å². The average molecular weight is 463 g/mol. The van der Waals surface area contributed by atoms with Crippen molar-refractivity contribution in [3.8, 4) is 0 Å². The summed E-state index contributed by atoms with van der Waals surface area (Å²) in [5, 5.41) is 4.00. The van der Waals surface area contributed by atoms with Gasteiger partial charge >= 0.3 is 5.97 Å². The summed E-state index contributed by atoms with van der Waals surface area (Å²) in [6.45, 7) is 8.92. The molecule has 0 aliphatic carbocycles. The maximum Gasteiger partial charge on any atom is 0.339 e. The largest absolute Gasteiger partial charge is 0.465 e. The van der Waals surface area contributed by atoms with Gasteiger partial charge in [-0.15, -0.1) is 0 Å². The van der Waals surface area contributed by atoms with E-state index in [9.17, 15) is 9.59 Å². The highest BCUT2D eigenvalue weighted by molar-refractivity contribution is 5.95. The van der Waals surface area contributed by atoms with Crippen molar-refractivity contribution < 1.29 is 9.53 Å². The number of aryl methyl sites for hydroxylation is 1. The standard InChI is InChI=1S/C27H34N4O3/c1-18-15-19(11-13-28-22-10-7-6-9-20(22)25(33)34-5)23-21(16-18)24(32)30(4)26(29-23)31-14-8-12-27(2,3)17-31/h6-7,9-10,15-16,28H,8,11-14,17H2,1-5H3. The van der Waals surface area contributed by atoms with Crippen LogP contribution in [0.2, 0.25) is 0 Å². The third kappa shape index (κ3) is 4.79. The third-order valence-electron chi connectivity index (χ3n) is 6.61. The topological polar surface area (TPSA) is 76.5 Å². The number of ether oxygens (including phenoxy) is 1. The van der Waals surface area contributed by atoms with E-state index in [1.54, 1.807) is 10.6 Å². The van der Waals surface area contributed by atoms with Crippen LogP contribution in [0, 0.1) is 12.3 Å². The number of benzene rings is 2. The van der Waals surface area contributed by atoms with Crippen LogP contribution >= 0.6 is 0 Å². The molecule has 0 atom stereocenters. The first-order valence-electron chi connectivity index (χ1n) is 11.9. The minimum absolute atomic E-state index is 0.0164. The van der Waals surface area contributed by atoms with Gasteiger partial charge in [0.05, 0.1) is 23.6 Å². The SMILES string of the molecule is COC(=O)c1ccccc1NCCc1cc(C)cc2c(=O)n(C)c(N3CCCC(C)(C)C3)nc12. The molecule has 180 valence electrons. The Morgan fingerprint density at radius 1 is 1.24 bits per heavy atom. The van der Waals surface area contributed by atoms with Crippen LogP contribution in [0.15, 0.2) is 41.2 Å². The fourth-order valence-corrected chi connectivity index (χ4v) is 4.92. The van der Waals surface area contributed by atoms with E-state index < -0.39 is 0 Å². The molecule has 0 spiro atoms. The van der Waals surface area contributed by atoms with Gasteiger partial charge in [0, 0.05) is 32.4 Å². The van der Waals surface area contributed by atoms with Gasteiger partial charge in [0.15, 0.2) is 0 Å². The van der Waals surface area contributed by atoms with Gasteiger partial charge in [-0.1, -0.05) is 32.0 Å². The predicted molar refractivity (Wildman–Crippen MR) is 137 cm³/mol. The van der Waals surface area contributed by atoms with Crippen LogP contribution in [-0.2, 0) is 18.2 Å². The zero-order chi connectivity index (χ0) is 24.5. The first-order valence-corrected chi connectivity index (χ1v) is 11.9. The fourth-order valence-electron chi connectivity index (χ4n) is 4.92. The van der Waals surface area contributed by atoms with E-state index in [2.05, 4.69) is 30.1 Å². The number of hydrogen-bond donors (Lipinski definition) is 1. The molecule has 1 aliphatic rings. The zero-order valence-electron chi connectivity index (χ0n) is 20.8. The number of fused-ring (bicyclic) bond motifs is 1. The second kappa shape index (κ2) is 9.49. The van der Waals surface area contributed by atoms with E-state index in [0.29, 0.717) is 23.9 Å². The third-order valence-corrected chi connectivity index (χ3v) is 6.61. The van der Waals surface area contributed by atoms with Gasteiger partial charge in [-0.25, -0.2) is 9.78 Å². The Labute approximate surface area is 200 Å². The molecular weight excluding hydrogens is 428 g/mol. The van der Waals surface area contributed by atoms with Crippen LogP contribution in [0.25, 0.3) is 10.9 Å². The first-order chi connectivity index (χ1) is 16.2. The summed E-state index contributed by atoms with van der Waals surface area (Å²) in [7, 11) is 3.20. The number of carbonyl (C=O) groups excluding carboxylic acids is 1. The molecule has 1 N–H and O–H groups in total. The van der Waals surface area contributed by atoms with E-state index in [1.807, 2.05) is 38.2 Å². The van der Waals surface area contributed by atoms with Gasteiger partial charge < -0.3 is 15.0 Å². The molecular formula is C27H34N4O3. The van der Waals surface area contributed by atoms with E-state index in [4.69, 9.17) is 9.72 Å². The predicted octanol–water partition coefficient (Wildman–Crippen LogP) is 4.31. The van der Waals surface area contributed by atoms with Gasteiger partial charge in [-0.05, 0) is 60.9 Å². The van der Waals surface area contributed by atoms with Crippen molar-refractivity contribution in [1.82, 2.24) is 9.55 Å². The Bertz CT molecular complexity index is 1280. The highest BCUT2D eigenvalue weighted by Gasteiger charge is 2.29. The molecule has 0 radical (unpaired) electrons. The number of nitrogens with zero attached hydrogens (tertiary/aromatic N) is 3. The molecule has 0 bridgehead atoms. The molecule has 2 aromatic carbocycles. The second-order valence-corrected chi connectivity index (χ2v) is 10.00. The molecule has 3 aromatic rings. The van der Waals surface area contributed by atoms with Gasteiger partial charge in [0.1, 0.15) is 0 Å². The van der Waals surface area contributed by atoms with Crippen LogP contribution in [0.1, 0.15) is 48.2 Å². The molecule has 1 aromatic heterocycles. The molecule has 34 heavy (non-hydrogen) atoms. The Kier molecular flexibility index (Phi) is 6.64. The highest BCUT2D eigenvalue weighted by Crippen LogP contribution is 2.31. The number of rotatable bonds is 6. The number of methoxy groups -OCH3 is 1. The number of hydrogen-bond acceptors (Lipinski definition) is 6. The molecule has 0 unspecified atom stereocenters. The van der Waals surface area contributed by atoms with Crippen molar-refractivity contribution in [2.24, 2.45) is 12.5 Å². The number of piperidine rings is 1. The van der Waals surface area contributed by atoms with Gasteiger partial charge in [0.2, 0.25) is 5.95 Å². The lowest BCUT2D eigenvalue weighted by Gasteiger charge is -2.39. The molecule has 1 saturated heterocycles. The quantitative estimate of drug-likeness (QED) is 0.550. The molecule has 1 fully saturated rings. The minimum Gasteiger partial charge on any atom is -0.465 e. The summed E-state index contributed by atoms with van der Waals surface area (Å²) < 4.78 is 6.59. The summed E-state index contributed by atoms with van der Waals surface area (Å²) in [5.74, 6) is 0.364. The fraction of sp³-hybridized carbons (Fsp3) is 0.444. The Hall–Kier alpha value is -3.35. The zero-order valence-corrected chi connectivity index (χ0v) is 20.8. The number of nitrogens with one attached hydrogen (secondary N) is 1. The van der Waals surface area contributed by atoms with Gasteiger partial charge in [0.25, 0.3) is 5.56 Å². The van der Waals surface area contributed by atoms with Crippen LogP contribution < -0.4 is 15.8 Å². The maximum absolute atomic E-state index is 13.3. The number of para-hydroxylation sites is 1.